The molecule has 2 N–H and O–H groups in total. The second-order valence-corrected chi connectivity index (χ2v) is 6.64. The molecule has 1 atom stereocenters. The van der Waals surface area contributed by atoms with E-state index in [9.17, 15) is 4.39 Å². The molecule has 1 aromatic heterocycles. The SMILES string of the molecule is CN=C(NCc1nccn1Cc1ccccc1)NC(C)c1ccc(OC)c(F)c1. The average Bonchev–Trinajstić information content (AvgIpc) is 3.18. The fourth-order valence-corrected chi connectivity index (χ4v) is 3.03. The molecule has 6 nitrogen and oxygen atoms in total. The van der Waals surface area contributed by atoms with Crippen LogP contribution in [0.3, 0.4) is 0 Å². The van der Waals surface area contributed by atoms with E-state index in [2.05, 4.69) is 37.3 Å². The first-order chi connectivity index (χ1) is 14.1. The van der Waals surface area contributed by atoms with Crippen molar-refractivity contribution >= 4 is 5.96 Å². The minimum Gasteiger partial charge on any atom is -0.494 e. The summed E-state index contributed by atoms with van der Waals surface area (Å²) in [5.74, 6) is 1.36. The standard InChI is InChI=1S/C22H26FN5O/c1-16(18-9-10-20(29-3)19(23)13-18)27-22(24-2)26-14-21-25-11-12-28(21)15-17-7-5-4-6-8-17/h4-13,16H,14-15H2,1-3H3,(H2,24,26,27). The van der Waals surface area contributed by atoms with E-state index in [4.69, 9.17) is 4.74 Å². The quantitative estimate of drug-likeness (QED) is 0.475. The number of benzene rings is 2. The summed E-state index contributed by atoms with van der Waals surface area (Å²) in [4.78, 5) is 8.70. The molecule has 0 amide bonds. The highest BCUT2D eigenvalue weighted by Gasteiger charge is 2.12. The van der Waals surface area contributed by atoms with Crippen molar-refractivity contribution in [2.24, 2.45) is 4.99 Å². The Kier molecular flexibility index (Phi) is 6.84. The van der Waals surface area contributed by atoms with Crippen LogP contribution in [0.25, 0.3) is 0 Å². The first kappa shape index (κ1) is 20.4. The molecule has 0 saturated carbocycles. The predicted octanol–water partition coefficient (Wildman–Crippen LogP) is 3.51. The lowest BCUT2D eigenvalue weighted by Gasteiger charge is -2.19. The van der Waals surface area contributed by atoms with Crippen molar-refractivity contribution in [3.8, 4) is 5.75 Å². The van der Waals surface area contributed by atoms with Crippen LogP contribution in [0.4, 0.5) is 4.39 Å². The van der Waals surface area contributed by atoms with Crippen LogP contribution in [-0.4, -0.2) is 29.7 Å². The highest BCUT2D eigenvalue weighted by Crippen LogP contribution is 2.21. The maximum atomic E-state index is 14.0. The lowest BCUT2D eigenvalue weighted by atomic mass is 10.1. The van der Waals surface area contributed by atoms with E-state index in [1.807, 2.05) is 37.4 Å². The maximum absolute atomic E-state index is 14.0. The minimum absolute atomic E-state index is 0.134. The van der Waals surface area contributed by atoms with E-state index in [0.717, 1.165) is 17.9 Å². The molecule has 0 aliphatic heterocycles. The van der Waals surface area contributed by atoms with Crippen molar-refractivity contribution in [3.05, 3.63) is 83.7 Å². The summed E-state index contributed by atoms with van der Waals surface area (Å²) >= 11 is 0. The van der Waals surface area contributed by atoms with Gasteiger partial charge >= 0.3 is 0 Å². The van der Waals surface area contributed by atoms with Crippen LogP contribution >= 0.6 is 0 Å². The molecule has 1 unspecified atom stereocenters. The smallest absolute Gasteiger partial charge is 0.191 e. The molecule has 0 spiro atoms. The average molecular weight is 395 g/mol. The molecule has 0 radical (unpaired) electrons. The van der Waals surface area contributed by atoms with Gasteiger partial charge < -0.3 is 19.9 Å². The van der Waals surface area contributed by atoms with Crippen LogP contribution in [0, 0.1) is 5.82 Å². The van der Waals surface area contributed by atoms with E-state index >= 15 is 0 Å². The van der Waals surface area contributed by atoms with Gasteiger partial charge in [0.15, 0.2) is 17.5 Å². The number of guanidine groups is 1. The van der Waals surface area contributed by atoms with Crippen molar-refractivity contribution in [1.82, 2.24) is 20.2 Å². The van der Waals surface area contributed by atoms with Gasteiger partial charge in [0, 0.05) is 26.0 Å². The lowest BCUT2D eigenvalue weighted by Crippen LogP contribution is -2.38. The van der Waals surface area contributed by atoms with Crippen molar-refractivity contribution in [2.75, 3.05) is 14.2 Å². The Hall–Kier alpha value is -3.35. The molecule has 7 heteroatoms. The summed E-state index contributed by atoms with van der Waals surface area (Å²) in [7, 11) is 3.15. The monoisotopic (exact) mass is 395 g/mol. The molecule has 1 heterocycles. The van der Waals surface area contributed by atoms with Crippen molar-refractivity contribution in [2.45, 2.75) is 26.1 Å². The van der Waals surface area contributed by atoms with Crippen LogP contribution < -0.4 is 15.4 Å². The third-order valence-corrected chi connectivity index (χ3v) is 4.66. The van der Waals surface area contributed by atoms with Gasteiger partial charge in [0.1, 0.15) is 5.82 Å². The number of ether oxygens (including phenoxy) is 1. The van der Waals surface area contributed by atoms with Gasteiger partial charge in [-0.2, -0.15) is 0 Å². The number of methoxy groups -OCH3 is 1. The molecule has 0 aliphatic carbocycles. The van der Waals surface area contributed by atoms with Crippen LogP contribution in [0.2, 0.25) is 0 Å². The molecule has 0 fully saturated rings. The first-order valence-electron chi connectivity index (χ1n) is 9.45. The number of nitrogens with one attached hydrogen (secondary N) is 2. The Morgan fingerprint density at radius 2 is 2.03 bits per heavy atom. The highest BCUT2D eigenvalue weighted by atomic mass is 19.1. The van der Waals surface area contributed by atoms with Crippen molar-refractivity contribution in [3.63, 3.8) is 0 Å². The fraction of sp³-hybridized carbons (Fsp3) is 0.273. The van der Waals surface area contributed by atoms with E-state index in [-0.39, 0.29) is 17.6 Å². The van der Waals surface area contributed by atoms with Crippen LogP contribution in [0.5, 0.6) is 5.75 Å². The number of hydrogen-bond acceptors (Lipinski definition) is 3. The molecule has 0 saturated heterocycles. The summed E-state index contributed by atoms with van der Waals surface area (Å²) in [6.45, 7) is 3.22. The molecule has 152 valence electrons. The Balaban J connectivity index is 1.60. The van der Waals surface area contributed by atoms with Gasteiger partial charge in [0.2, 0.25) is 0 Å². The molecule has 29 heavy (non-hydrogen) atoms. The second-order valence-electron chi connectivity index (χ2n) is 6.64. The Labute approximate surface area is 170 Å². The molecular weight excluding hydrogens is 369 g/mol. The van der Waals surface area contributed by atoms with Crippen molar-refractivity contribution in [1.29, 1.82) is 0 Å². The summed E-state index contributed by atoms with van der Waals surface area (Å²) in [5.41, 5.74) is 2.02. The number of imidazole rings is 1. The Morgan fingerprint density at radius 1 is 1.24 bits per heavy atom. The molecule has 3 rings (SSSR count). The van der Waals surface area contributed by atoms with Gasteiger partial charge in [-0.05, 0) is 30.2 Å². The number of aliphatic imine (C=N–C) groups is 1. The second kappa shape index (κ2) is 9.73. The third-order valence-electron chi connectivity index (χ3n) is 4.66. The number of halogens is 1. The van der Waals surface area contributed by atoms with Crippen molar-refractivity contribution < 1.29 is 9.13 Å². The number of nitrogens with zero attached hydrogens (tertiary/aromatic N) is 3. The van der Waals surface area contributed by atoms with Crippen LogP contribution in [0.15, 0.2) is 65.9 Å². The first-order valence-corrected chi connectivity index (χ1v) is 9.45. The normalized spacial score (nSPS) is 12.5. The summed E-state index contributed by atoms with van der Waals surface area (Å²) in [6, 6.07) is 15.0. The zero-order chi connectivity index (χ0) is 20.6. The van der Waals surface area contributed by atoms with Gasteiger partial charge in [-0.25, -0.2) is 9.37 Å². The van der Waals surface area contributed by atoms with Gasteiger partial charge in [-0.15, -0.1) is 0 Å². The zero-order valence-corrected chi connectivity index (χ0v) is 16.9. The highest BCUT2D eigenvalue weighted by molar-refractivity contribution is 5.80. The maximum Gasteiger partial charge on any atom is 0.191 e. The van der Waals surface area contributed by atoms with Gasteiger partial charge in [0.25, 0.3) is 0 Å². The van der Waals surface area contributed by atoms with E-state index in [1.165, 1.54) is 18.7 Å². The number of rotatable bonds is 7. The van der Waals surface area contributed by atoms with Gasteiger partial charge in [-0.3, -0.25) is 4.99 Å². The molecule has 0 aliphatic rings. The Bertz CT molecular complexity index is 955. The van der Waals surface area contributed by atoms with Crippen LogP contribution in [0.1, 0.15) is 29.9 Å². The van der Waals surface area contributed by atoms with E-state index in [1.54, 1.807) is 19.3 Å². The minimum atomic E-state index is -0.385. The predicted molar refractivity (Wildman–Crippen MR) is 112 cm³/mol. The summed E-state index contributed by atoms with van der Waals surface area (Å²) in [5, 5.41) is 6.55. The molecular formula is C22H26FN5O. The van der Waals surface area contributed by atoms with Crippen LogP contribution in [-0.2, 0) is 13.1 Å². The molecule has 3 aromatic rings. The van der Waals surface area contributed by atoms with Gasteiger partial charge in [0.05, 0.1) is 19.7 Å². The van der Waals surface area contributed by atoms with Gasteiger partial charge in [-0.1, -0.05) is 36.4 Å². The Morgan fingerprint density at radius 3 is 2.72 bits per heavy atom. The van der Waals surface area contributed by atoms with E-state index < -0.39 is 0 Å². The number of aromatic nitrogens is 2. The molecule has 2 aromatic carbocycles. The largest absolute Gasteiger partial charge is 0.494 e. The zero-order valence-electron chi connectivity index (χ0n) is 16.9. The summed E-state index contributed by atoms with van der Waals surface area (Å²) in [6.07, 6.45) is 3.75. The number of hydrogen-bond donors (Lipinski definition) is 2. The topological polar surface area (TPSA) is 63.5 Å². The summed E-state index contributed by atoms with van der Waals surface area (Å²) < 4.78 is 21.0. The fourth-order valence-electron chi connectivity index (χ4n) is 3.03. The third kappa shape index (κ3) is 5.34. The van der Waals surface area contributed by atoms with E-state index in [0.29, 0.717) is 12.5 Å². The molecule has 0 bridgehead atoms. The lowest BCUT2D eigenvalue weighted by molar-refractivity contribution is 0.386.